The van der Waals surface area contributed by atoms with Gasteiger partial charge in [0.2, 0.25) is 0 Å². The molecule has 4 nitrogen and oxygen atoms in total. The molecule has 0 saturated heterocycles. The molecule has 0 amide bonds. The summed E-state index contributed by atoms with van der Waals surface area (Å²) in [5.41, 5.74) is 1.89. The van der Waals surface area contributed by atoms with Gasteiger partial charge in [-0.15, -0.1) is 0 Å². The van der Waals surface area contributed by atoms with Crippen molar-refractivity contribution in [3.63, 3.8) is 0 Å². The highest BCUT2D eigenvalue weighted by Crippen LogP contribution is 2.22. The van der Waals surface area contributed by atoms with Crippen LogP contribution in [0.3, 0.4) is 0 Å². The zero-order chi connectivity index (χ0) is 14.8. The number of benzene rings is 2. The van der Waals surface area contributed by atoms with Crippen molar-refractivity contribution in [2.45, 2.75) is 6.42 Å². The first kappa shape index (κ1) is 13.1. The molecule has 0 atom stereocenters. The lowest BCUT2D eigenvalue weighted by atomic mass is 10.1. The van der Waals surface area contributed by atoms with Crippen molar-refractivity contribution in [2.75, 3.05) is 0 Å². The van der Waals surface area contributed by atoms with Gasteiger partial charge in [0.05, 0.1) is 11.8 Å². The molecule has 0 aliphatic heterocycles. The molecule has 1 heterocycles. The number of para-hydroxylation sites is 1. The van der Waals surface area contributed by atoms with Gasteiger partial charge in [-0.1, -0.05) is 36.4 Å². The Labute approximate surface area is 120 Å². The van der Waals surface area contributed by atoms with Crippen LogP contribution in [0.1, 0.15) is 5.56 Å². The quantitative estimate of drug-likeness (QED) is 0.800. The summed E-state index contributed by atoms with van der Waals surface area (Å²) >= 11 is 0. The maximum Gasteiger partial charge on any atom is 0.307 e. The third-order valence-electron chi connectivity index (χ3n) is 3.23. The van der Waals surface area contributed by atoms with Crippen LogP contribution in [0.5, 0.6) is 0 Å². The predicted molar refractivity (Wildman–Crippen MR) is 79.3 cm³/mol. The summed E-state index contributed by atoms with van der Waals surface area (Å²) in [4.78, 5) is 22.7. The van der Waals surface area contributed by atoms with E-state index in [4.69, 9.17) is 9.52 Å². The minimum atomic E-state index is -0.875. The van der Waals surface area contributed by atoms with Crippen molar-refractivity contribution in [1.29, 1.82) is 0 Å². The van der Waals surface area contributed by atoms with Crippen LogP contribution >= 0.6 is 0 Å². The van der Waals surface area contributed by atoms with Crippen LogP contribution in [0.15, 0.2) is 63.8 Å². The molecule has 2 aromatic carbocycles. The smallest absolute Gasteiger partial charge is 0.307 e. The van der Waals surface area contributed by atoms with E-state index >= 15 is 0 Å². The molecule has 0 unspecified atom stereocenters. The molecule has 1 N–H and O–H groups in total. The van der Waals surface area contributed by atoms with Crippen molar-refractivity contribution in [3.05, 3.63) is 70.4 Å². The average molecular weight is 280 g/mol. The van der Waals surface area contributed by atoms with Gasteiger partial charge in [-0.25, -0.2) is 0 Å². The van der Waals surface area contributed by atoms with Crippen LogP contribution < -0.4 is 5.43 Å². The van der Waals surface area contributed by atoms with Crippen LogP contribution in [0.25, 0.3) is 22.3 Å². The Morgan fingerprint density at radius 1 is 1.05 bits per heavy atom. The van der Waals surface area contributed by atoms with Gasteiger partial charge in [0.15, 0.2) is 5.43 Å². The molecular weight excluding hydrogens is 268 g/mol. The summed E-state index contributed by atoms with van der Waals surface area (Å²) in [6.07, 6.45) is -0.0258. The fourth-order valence-electron chi connectivity index (χ4n) is 2.21. The number of rotatable bonds is 3. The Morgan fingerprint density at radius 2 is 1.76 bits per heavy atom. The Balaban J connectivity index is 2.04. The molecule has 0 spiro atoms. The second-order valence-electron chi connectivity index (χ2n) is 4.74. The minimum Gasteiger partial charge on any atom is -0.481 e. The van der Waals surface area contributed by atoms with Crippen molar-refractivity contribution in [3.8, 4) is 11.3 Å². The summed E-state index contributed by atoms with van der Waals surface area (Å²) in [6, 6.07) is 15.5. The van der Waals surface area contributed by atoms with Crippen molar-refractivity contribution in [2.24, 2.45) is 0 Å². The van der Waals surface area contributed by atoms with Crippen LogP contribution in [0, 0.1) is 0 Å². The molecule has 0 saturated carbocycles. The van der Waals surface area contributed by atoms with E-state index in [0.717, 1.165) is 5.56 Å². The van der Waals surface area contributed by atoms with Gasteiger partial charge in [-0.05, 0) is 17.7 Å². The van der Waals surface area contributed by atoms with Crippen LogP contribution in [-0.2, 0) is 11.2 Å². The number of fused-ring (bicyclic) bond motifs is 1. The Morgan fingerprint density at radius 3 is 2.48 bits per heavy atom. The molecule has 0 aliphatic rings. The van der Waals surface area contributed by atoms with Gasteiger partial charge in [0, 0.05) is 11.6 Å². The summed E-state index contributed by atoms with van der Waals surface area (Å²) in [7, 11) is 0. The van der Waals surface area contributed by atoms with E-state index in [1.165, 1.54) is 6.07 Å². The molecule has 1 aromatic heterocycles. The predicted octanol–water partition coefficient (Wildman–Crippen LogP) is 3.09. The summed E-state index contributed by atoms with van der Waals surface area (Å²) in [5.74, 6) is -0.402. The van der Waals surface area contributed by atoms with E-state index in [1.54, 1.807) is 42.5 Å². The number of carboxylic acids is 1. The third kappa shape index (κ3) is 2.69. The first-order chi connectivity index (χ1) is 10.1. The largest absolute Gasteiger partial charge is 0.481 e. The van der Waals surface area contributed by atoms with E-state index in [9.17, 15) is 9.59 Å². The lowest BCUT2D eigenvalue weighted by Crippen LogP contribution is -2.01. The summed E-state index contributed by atoms with van der Waals surface area (Å²) in [6.45, 7) is 0. The first-order valence-corrected chi connectivity index (χ1v) is 6.47. The Bertz CT molecular complexity index is 860. The number of carbonyl (C=O) groups is 1. The Hall–Kier alpha value is -2.88. The van der Waals surface area contributed by atoms with Gasteiger partial charge < -0.3 is 9.52 Å². The van der Waals surface area contributed by atoms with Gasteiger partial charge >= 0.3 is 5.97 Å². The van der Waals surface area contributed by atoms with Crippen molar-refractivity contribution in [1.82, 2.24) is 0 Å². The average Bonchev–Trinajstić information content (AvgIpc) is 2.47. The maximum absolute atomic E-state index is 12.0. The molecule has 21 heavy (non-hydrogen) atoms. The van der Waals surface area contributed by atoms with Gasteiger partial charge in [0.25, 0.3) is 0 Å². The lowest BCUT2D eigenvalue weighted by molar-refractivity contribution is -0.136. The minimum absolute atomic E-state index is 0.0258. The molecular formula is C17H12O4. The summed E-state index contributed by atoms with van der Waals surface area (Å²) in [5, 5.41) is 9.29. The molecule has 4 heteroatoms. The molecule has 0 fully saturated rings. The fraction of sp³-hybridized carbons (Fsp3) is 0.0588. The normalized spacial score (nSPS) is 10.7. The first-order valence-electron chi connectivity index (χ1n) is 6.47. The third-order valence-corrected chi connectivity index (χ3v) is 3.23. The SMILES string of the molecule is O=C(O)Cc1ccc(-c2cc(=O)c3ccccc3o2)cc1. The molecule has 0 aliphatic carbocycles. The standard InChI is InChI=1S/C17H12O4/c18-14-10-16(21-15-4-2-1-3-13(14)15)12-7-5-11(6-8-12)9-17(19)20/h1-8,10H,9H2,(H,19,20). The molecule has 0 radical (unpaired) electrons. The highest BCUT2D eigenvalue weighted by atomic mass is 16.4. The molecule has 3 rings (SSSR count). The second-order valence-corrected chi connectivity index (χ2v) is 4.74. The van der Waals surface area contributed by atoms with Crippen LogP contribution in [0.2, 0.25) is 0 Å². The number of hydrogen-bond acceptors (Lipinski definition) is 3. The van der Waals surface area contributed by atoms with Crippen molar-refractivity contribution < 1.29 is 14.3 Å². The highest BCUT2D eigenvalue weighted by molar-refractivity contribution is 5.78. The van der Waals surface area contributed by atoms with E-state index in [2.05, 4.69) is 0 Å². The topological polar surface area (TPSA) is 67.5 Å². The lowest BCUT2D eigenvalue weighted by Gasteiger charge is -2.04. The zero-order valence-electron chi connectivity index (χ0n) is 11.1. The Kier molecular flexibility index (Phi) is 3.28. The zero-order valence-corrected chi connectivity index (χ0v) is 11.1. The fourth-order valence-corrected chi connectivity index (χ4v) is 2.21. The molecule has 0 bridgehead atoms. The van der Waals surface area contributed by atoms with Crippen LogP contribution in [-0.4, -0.2) is 11.1 Å². The summed E-state index contributed by atoms with van der Waals surface area (Å²) < 4.78 is 5.73. The van der Waals surface area contributed by atoms with Crippen molar-refractivity contribution >= 4 is 16.9 Å². The second kappa shape index (κ2) is 5.25. The van der Waals surface area contributed by atoms with E-state index < -0.39 is 5.97 Å². The number of hydrogen-bond donors (Lipinski definition) is 1. The van der Waals surface area contributed by atoms with E-state index in [0.29, 0.717) is 22.3 Å². The molecule has 104 valence electrons. The molecule has 3 aromatic rings. The monoisotopic (exact) mass is 280 g/mol. The van der Waals surface area contributed by atoms with Crippen LogP contribution in [0.4, 0.5) is 0 Å². The van der Waals surface area contributed by atoms with Gasteiger partial charge in [-0.2, -0.15) is 0 Å². The highest BCUT2D eigenvalue weighted by Gasteiger charge is 2.07. The van der Waals surface area contributed by atoms with E-state index in [1.807, 2.05) is 6.07 Å². The number of aliphatic carboxylic acids is 1. The van der Waals surface area contributed by atoms with Gasteiger partial charge in [-0.3, -0.25) is 9.59 Å². The number of carboxylic acid groups (broad SMARTS) is 1. The maximum atomic E-state index is 12.0. The van der Waals surface area contributed by atoms with Gasteiger partial charge in [0.1, 0.15) is 11.3 Å². The van der Waals surface area contributed by atoms with E-state index in [-0.39, 0.29) is 11.8 Å².